The largest absolute Gasteiger partial charge is 0.493 e. The fourth-order valence-corrected chi connectivity index (χ4v) is 7.47. The first-order valence-corrected chi connectivity index (χ1v) is 11.9. The van der Waals surface area contributed by atoms with Crippen LogP contribution >= 0.6 is 11.6 Å². The van der Waals surface area contributed by atoms with E-state index in [1.165, 1.54) is 44.5 Å². The van der Waals surface area contributed by atoms with Crippen molar-refractivity contribution in [1.82, 2.24) is 10.2 Å². The lowest BCUT2D eigenvalue weighted by molar-refractivity contribution is -0.139. The Morgan fingerprint density at radius 1 is 1.06 bits per heavy atom. The standard InChI is InChI=1S/C25H29ClN2O5/c1-13(25-10-15-4-16(11-25)6-17(5-15)12-25)28-23(30)18(22(29)27-24(28)31)7-14-8-19(26)21(33-3)20(9-14)32-2/h7-9,13,15-17H,4-6,10-12H2,1-3H3,(H,27,29,31)/b18-7+/t13-,15?,16?,17?,25?/m0/s1. The molecule has 5 aliphatic rings. The maximum Gasteiger partial charge on any atom is 0.331 e. The van der Waals surface area contributed by atoms with Crippen LogP contribution in [0.1, 0.15) is 51.0 Å². The van der Waals surface area contributed by atoms with Gasteiger partial charge in [-0.3, -0.25) is 19.8 Å². The van der Waals surface area contributed by atoms with E-state index >= 15 is 0 Å². The van der Waals surface area contributed by atoms with E-state index in [4.69, 9.17) is 21.1 Å². The summed E-state index contributed by atoms with van der Waals surface area (Å²) in [5.41, 5.74) is 0.363. The minimum absolute atomic E-state index is 0.0557. The zero-order valence-corrected chi connectivity index (χ0v) is 19.9. The van der Waals surface area contributed by atoms with E-state index in [-0.39, 0.29) is 17.0 Å². The van der Waals surface area contributed by atoms with Crippen LogP contribution in [0.4, 0.5) is 4.79 Å². The van der Waals surface area contributed by atoms with Crippen molar-refractivity contribution < 1.29 is 23.9 Å². The Morgan fingerprint density at radius 2 is 1.67 bits per heavy atom. The predicted molar refractivity (Wildman–Crippen MR) is 123 cm³/mol. The molecule has 8 heteroatoms. The van der Waals surface area contributed by atoms with Crippen molar-refractivity contribution in [2.24, 2.45) is 23.2 Å². The molecule has 4 amide bonds. The van der Waals surface area contributed by atoms with E-state index in [9.17, 15) is 14.4 Å². The number of methoxy groups -OCH3 is 2. The van der Waals surface area contributed by atoms with Crippen LogP contribution in [0.5, 0.6) is 11.5 Å². The molecule has 0 spiro atoms. The van der Waals surface area contributed by atoms with Gasteiger partial charge in [0, 0.05) is 6.04 Å². The Labute approximate surface area is 198 Å². The molecular formula is C25H29ClN2O5. The van der Waals surface area contributed by atoms with Gasteiger partial charge >= 0.3 is 6.03 Å². The predicted octanol–water partition coefficient (Wildman–Crippen LogP) is 4.42. The number of urea groups is 1. The van der Waals surface area contributed by atoms with Crippen molar-refractivity contribution in [1.29, 1.82) is 0 Å². The van der Waals surface area contributed by atoms with Gasteiger partial charge in [0.2, 0.25) is 0 Å². The number of nitrogens with zero attached hydrogens (tertiary/aromatic N) is 1. The molecule has 4 bridgehead atoms. The van der Waals surface area contributed by atoms with Gasteiger partial charge < -0.3 is 9.47 Å². The highest BCUT2D eigenvalue weighted by molar-refractivity contribution is 6.33. The van der Waals surface area contributed by atoms with E-state index in [1.807, 2.05) is 6.92 Å². The molecule has 4 saturated carbocycles. The van der Waals surface area contributed by atoms with E-state index in [2.05, 4.69) is 5.32 Å². The van der Waals surface area contributed by atoms with Gasteiger partial charge in [-0.25, -0.2) is 4.79 Å². The summed E-state index contributed by atoms with van der Waals surface area (Å²) < 4.78 is 10.6. The smallest absolute Gasteiger partial charge is 0.331 e. The quantitative estimate of drug-likeness (QED) is 0.506. The number of carbonyl (C=O) groups excluding carboxylic acids is 3. The molecule has 1 atom stereocenters. The fourth-order valence-electron chi connectivity index (χ4n) is 7.17. The van der Waals surface area contributed by atoms with Crippen molar-refractivity contribution in [3.63, 3.8) is 0 Å². The van der Waals surface area contributed by atoms with Crippen molar-refractivity contribution in [2.45, 2.75) is 51.5 Å². The Balaban J connectivity index is 1.48. The average Bonchev–Trinajstić information content (AvgIpc) is 2.75. The van der Waals surface area contributed by atoms with Crippen LogP contribution in [-0.4, -0.2) is 43.0 Å². The average molecular weight is 473 g/mol. The highest BCUT2D eigenvalue weighted by Crippen LogP contribution is 2.62. The second kappa shape index (κ2) is 8.05. The zero-order chi connectivity index (χ0) is 23.5. The number of halogens is 1. The molecule has 1 N–H and O–H groups in total. The number of rotatable bonds is 5. The Kier molecular flexibility index (Phi) is 5.43. The molecular weight excluding hydrogens is 444 g/mol. The molecule has 0 unspecified atom stereocenters. The number of hydrogen-bond donors (Lipinski definition) is 1. The normalized spacial score (nSPS) is 32.8. The summed E-state index contributed by atoms with van der Waals surface area (Å²) >= 11 is 6.30. The Bertz CT molecular complexity index is 1030. The van der Waals surface area contributed by atoms with Gasteiger partial charge in [0.1, 0.15) is 5.57 Å². The lowest BCUT2D eigenvalue weighted by Crippen LogP contribution is -2.63. The summed E-state index contributed by atoms with van der Waals surface area (Å²) in [6, 6.07) is 2.33. The number of nitrogens with one attached hydrogen (secondary N) is 1. The third-order valence-electron chi connectivity index (χ3n) is 8.26. The number of amides is 4. The maximum atomic E-state index is 13.5. The van der Waals surface area contributed by atoms with Crippen LogP contribution in [0.2, 0.25) is 5.02 Å². The van der Waals surface area contributed by atoms with Gasteiger partial charge in [-0.05, 0) is 92.4 Å². The van der Waals surface area contributed by atoms with Gasteiger partial charge in [0.05, 0.1) is 19.2 Å². The van der Waals surface area contributed by atoms with Crippen molar-refractivity contribution >= 4 is 35.5 Å². The summed E-state index contributed by atoms with van der Waals surface area (Å²) in [5, 5.41) is 2.67. The number of carbonyl (C=O) groups is 3. The van der Waals surface area contributed by atoms with Crippen LogP contribution in [0.15, 0.2) is 17.7 Å². The maximum absolute atomic E-state index is 13.5. The summed E-state index contributed by atoms with van der Waals surface area (Å²) in [6.07, 6.45) is 8.43. The topological polar surface area (TPSA) is 84.9 Å². The van der Waals surface area contributed by atoms with E-state index < -0.39 is 17.8 Å². The molecule has 176 valence electrons. The van der Waals surface area contributed by atoms with Crippen LogP contribution in [-0.2, 0) is 9.59 Å². The molecule has 6 rings (SSSR count). The molecule has 1 saturated heterocycles. The number of benzene rings is 1. The minimum Gasteiger partial charge on any atom is -0.493 e. The van der Waals surface area contributed by atoms with Gasteiger partial charge in [0.25, 0.3) is 11.8 Å². The fraction of sp³-hybridized carbons (Fsp3) is 0.560. The van der Waals surface area contributed by atoms with Crippen LogP contribution in [0.3, 0.4) is 0 Å². The zero-order valence-electron chi connectivity index (χ0n) is 19.2. The first-order chi connectivity index (χ1) is 15.7. The first kappa shape index (κ1) is 22.3. The van der Waals surface area contributed by atoms with Gasteiger partial charge in [-0.1, -0.05) is 11.6 Å². The number of barbiturate groups is 1. The molecule has 33 heavy (non-hydrogen) atoms. The van der Waals surface area contributed by atoms with Gasteiger partial charge in [0.15, 0.2) is 11.5 Å². The van der Waals surface area contributed by atoms with E-state index in [1.54, 1.807) is 12.1 Å². The highest BCUT2D eigenvalue weighted by Gasteiger charge is 2.56. The summed E-state index contributed by atoms with van der Waals surface area (Å²) in [4.78, 5) is 40.4. The summed E-state index contributed by atoms with van der Waals surface area (Å²) in [7, 11) is 2.96. The molecule has 1 heterocycles. The highest BCUT2D eigenvalue weighted by atomic mass is 35.5. The van der Waals surface area contributed by atoms with Gasteiger partial charge in [-0.15, -0.1) is 0 Å². The molecule has 0 aromatic heterocycles. The van der Waals surface area contributed by atoms with Gasteiger partial charge in [-0.2, -0.15) is 0 Å². The van der Waals surface area contributed by atoms with E-state index in [0.717, 1.165) is 19.3 Å². The number of hydrogen-bond acceptors (Lipinski definition) is 5. The lowest BCUT2D eigenvalue weighted by atomic mass is 9.47. The Morgan fingerprint density at radius 3 is 2.21 bits per heavy atom. The monoisotopic (exact) mass is 472 g/mol. The number of ether oxygens (including phenoxy) is 2. The second-order valence-electron chi connectivity index (χ2n) is 10.2. The first-order valence-electron chi connectivity index (χ1n) is 11.6. The van der Waals surface area contributed by atoms with Crippen LogP contribution < -0.4 is 14.8 Å². The third-order valence-corrected chi connectivity index (χ3v) is 8.54. The van der Waals surface area contributed by atoms with Crippen LogP contribution in [0, 0.1) is 23.2 Å². The van der Waals surface area contributed by atoms with Crippen molar-refractivity contribution in [2.75, 3.05) is 14.2 Å². The van der Waals surface area contributed by atoms with Crippen molar-refractivity contribution in [3.8, 4) is 11.5 Å². The van der Waals surface area contributed by atoms with Crippen LogP contribution in [0.25, 0.3) is 6.08 Å². The Hall–Kier alpha value is -2.54. The molecule has 1 aromatic rings. The minimum atomic E-state index is -0.704. The third kappa shape index (κ3) is 3.61. The SMILES string of the molecule is COc1cc(/C=C2\C(=O)NC(=O)N([C@@H](C)C34CC5CC(CC(C5)C3)C4)C2=O)cc(Cl)c1OC. The molecule has 5 fully saturated rings. The van der Waals surface area contributed by atoms with E-state index in [0.29, 0.717) is 39.8 Å². The summed E-state index contributed by atoms with van der Waals surface area (Å²) in [6.45, 7) is 1.98. The van der Waals surface area contributed by atoms with Crippen molar-refractivity contribution in [3.05, 3.63) is 28.3 Å². The summed E-state index contributed by atoms with van der Waals surface area (Å²) in [5.74, 6) is 1.55. The molecule has 7 nitrogen and oxygen atoms in total. The lowest BCUT2D eigenvalue weighted by Gasteiger charge is -2.60. The molecule has 1 aromatic carbocycles. The molecule has 1 aliphatic heterocycles. The molecule has 0 radical (unpaired) electrons. The second-order valence-corrected chi connectivity index (χ2v) is 10.6. The number of imide groups is 2. The molecule has 4 aliphatic carbocycles.